The van der Waals surface area contributed by atoms with E-state index in [1.165, 1.54) is 22.3 Å². The van der Waals surface area contributed by atoms with Gasteiger partial charge in [-0.25, -0.2) is 0 Å². The summed E-state index contributed by atoms with van der Waals surface area (Å²) in [7, 11) is -2.12. The van der Waals surface area contributed by atoms with Gasteiger partial charge in [0.15, 0.2) is 0 Å². The molecule has 0 amide bonds. The van der Waals surface area contributed by atoms with Gasteiger partial charge in [0.1, 0.15) is 0 Å². The summed E-state index contributed by atoms with van der Waals surface area (Å²) in [5.74, 6) is 0. The van der Waals surface area contributed by atoms with Crippen LogP contribution in [0.2, 0.25) is 0 Å². The molecule has 0 saturated carbocycles. The Morgan fingerprint density at radius 3 is 1.45 bits per heavy atom. The van der Waals surface area contributed by atoms with Gasteiger partial charge in [0.25, 0.3) is 0 Å². The molecule has 2 aromatic carbocycles. The predicted octanol–water partition coefficient (Wildman–Crippen LogP) is 3.55. The molecule has 0 unspecified atom stereocenters. The fourth-order valence-electron chi connectivity index (χ4n) is 2.09. The van der Waals surface area contributed by atoms with E-state index >= 15 is 0 Å². The van der Waals surface area contributed by atoms with Crippen LogP contribution < -0.4 is 5.50 Å². The maximum absolute atomic E-state index is 7.45. The lowest BCUT2D eigenvalue weighted by molar-refractivity contribution is 0.485. The summed E-state index contributed by atoms with van der Waals surface area (Å²) in [5, 5.41) is 0. The van der Waals surface area contributed by atoms with Crippen molar-refractivity contribution >= 4 is 20.7 Å². The molecule has 0 aliphatic heterocycles. The zero-order chi connectivity index (χ0) is 14.4. The highest BCUT2D eigenvalue weighted by molar-refractivity contribution is 7.42. The highest BCUT2D eigenvalue weighted by atomic mass is 31.2. The van der Waals surface area contributed by atoms with Gasteiger partial charge in [-0.3, -0.25) is 5.50 Å². The zero-order valence-electron chi connectivity index (χ0n) is 10.8. The minimum atomic E-state index is -2.12. The number of hydrogen-bond acceptors (Lipinski definition) is 3. The molecule has 0 atom stereocenters. The number of allylic oxidation sites excluding steroid dienone is 2. The van der Waals surface area contributed by atoms with Gasteiger partial charge in [0.05, 0.1) is 0 Å². The van der Waals surface area contributed by atoms with Crippen molar-refractivity contribution in [3.05, 3.63) is 71.8 Å². The summed E-state index contributed by atoms with van der Waals surface area (Å²) < 4.78 is 0. The molecular formula is C16H16NO2P. The van der Waals surface area contributed by atoms with E-state index in [9.17, 15) is 0 Å². The van der Waals surface area contributed by atoms with E-state index in [-0.39, 0.29) is 0 Å². The van der Waals surface area contributed by atoms with Crippen molar-refractivity contribution in [3.8, 4) is 11.1 Å². The highest BCUT2D eigenvalue weighted by Gasteiger charge is 2.06. The Kier molecular flexibility index (Phi) is 5.22. The van der Waals surface area contributed by atoms with Crippen molar-refractivity contribution in [2.75, 3.05) is 0 Å². The van der Waals surface area contributed by atoms with Gasteiger partial charge >= 0.3 is 0 Å². The van der Waals surface area contributed by atoms with Crippen LogP contribution in [0.1, 0.15) is 11.1 Å². The maximum atomic E-state index is 7.45. The molecular weight excluding hydrogens is 269 g/mol. The van der Waals surface area contributed by atoms with E-state index in [0.717, 1.165) is 0 Å². The van der Waals surface area contributed by atoms with Crippen LogP contribution in [0.5, 0.6) is 0 Å². The molecule has 3 nitrogen and oxygen atoms in total. The average Bonchev–Trinajstić information content (AvgIpc) is 2.41. The molecule has 0 fully saturated rings. The Hall–Kier alpha value is -1.77. The normalized spacial score (nSPS) is 15.0. The lowest BCUT2D eigenvalue weighted by Gasteiger charge is -2.11. The van der Waals surface area contributed by atoms with Crippen LogP contribution in [0.3, 0.4) is 0 Å². The Labute approximate surface area is 119 Å². The Balaban J connectivity index is 0.000000328. The minimum Gasteiger partial charge on any atom is -0.338 e. The second-order valence-corrected chi connectivity index (χ2v) is 4.85. The first-order valence-electron chi connectivity index (χ1n) is 6.14. The van der Waals surface area contributed by atoms with Gasteiger partial charge < -0.3 is 9.79 Å². The predicted molar refractivity (Wildman–Crippen MR) is 85.5 cm³/mol. The molecule has 0 bridgehead atoms. The first kappa shape index (κ1) is 14.6. The van der Waals surface area contributed by atoms with Crippen LogP contribution in [-0.2, 0) is 0 Å². The van der Waals surface area contributed by atoms with E-state index < -0.39 is 8.53 Å². The van der Waals surface area contributed by atoms with Crippen molar-refractivity contribution < 1.29 is 9.79 Å². The fourth-order valence-corrected chi connectivity index (χ4v) is 2.09. The van der Waals surface area contributed by atoms with Crippen molar-refractivity contribution in [1.82, 2.24) is 0 Å². The molecule has 2 aromatic rings. The van der Waals surface area contributed by atoms with Gasteiger partial charge in [0.2, 0.25) is 8.53 Å². The number of hydrogen-bond donors (Lipinski definition) is 3. The molecule has 0 saturated heterocycles. The molecule has 4 heteroatoms. The quantitative estimate of drug-likeness (QED) is 0.648. The molecule has 20 heavy (non-hydrogen) atoms. The van der Waals surface area contributed by atoms with Crippen LogP contribution >= 0.6 is 8.53 Å². The third kappa shape index (κ3) is 3.86. The SMILES string of the molecule is C1=C\c2ccccc2-c2ccccc2\C=C/1.NP(O)O. The van der Waals surface area contributed by atoms with E-state index in [2.05, 4.69) is 78.3 Å². The largest absolute Gasteiger partial charge is 0.338 e. The summed E-state index contributed by atoms with van der Waals surface area (Å²) in [4.78, 5) is 14.9. The molecule has 0 aromatic heterocycles. The molecule has 102 valence electrons. The summed E-state index contributed by atoms with van der Waals surface area (Å²) in [5.41, 5.74) is 9.45. The molecule has 1 aliphatic rings. The van der Waals surface area contributed by atoms with E-state index in [4.69, 9.17) is 9.79 Å². The first-order valence-corrected chi connectivity index (χ1v) is 7.46. The third-order valence-electron chi connectivity index (χ3n) is 2.87. The first-order chi connectivity index (χ1) is 9.68. The van der Waals surface area contributed by atoms with Crippen LogP contribution in [0, 0.1) is 0 Å². The van der Waals surface area contributed by atoms with Gasteiger partial charge in [0, 0.05) is 0 Å². The highest BCUT2D eigenvalue weighted by Crippen LogP contribution is 2.29. The monoisotopic (exact) mass is 285 g/mol. The minimum absolute atomic E-state index is 1.28. The van der Waals surface area contributed by atoms with Crippen LogP contribution in [0.25, 0.3) is 23.3 Å². The van der Waals surface area contributed by atoms with E-state index in [1.54, 1.807) is 0 Å². The molecule has 0 spiro atoms. The zero-order valence-corrected chi connectivity index (χ0v) is 11.7. The standard InChI is InChI=1S/C16H12.H4NO2P/c1-2-8-14-10-4-6-12-16(14)15-11-5-3-9-13(15)7-1;1-4(2)3/h1-12H;2-3H,1H2/b2-1?,7-1-,8-2-,13-7?,14-8?,16-15?;. The number of benzene rings is 2. The number of rotatable bonds is 0. The molecule has 3 rings (SSSR count). The van der Waals surface area contributed by atoms with E-state index in [1.807, 2.05) is 0 Å². The van der Waals surface area contributed by atoms with Gasteiger partial charge in [-0.2, -0.15) is 0 Å². The van der Waals surface area contributed by atoms with Crippen LogP contribution in [0.4, 0.5) is 0 Å². The van der Waals surface area contributed by atoms with Gasteiger partial charge in [-0.1, -0.05) is 72.8 Å². The smallest absolute Gasteiger partial charge is 0.247 e. The number of nitrogens with two attached hydrogens (primary N) is 1. The summed E-state index contributed by atoms with van der Waals surface area (Å²) in [6, 6.07) is 17.0. The molecule has 1 aliphatic carbocycles. The summed E-state index contributed by atoms with van der Waals surface area (Å²) in [6.07, 6.45) is 8.49. The Morgan fingerprint density at radius 2 is 1.05 bits per heavy atom. The van der Waals surface area contributed by atoms with Crippen LogP contribution in [0.15, 0.2) is 60.7 Å². The van der Waals surface area contributed by atoms with Crippen LogP contribution in [-0.4, -0.2) is 9.79 Å². The molecule has 4 N–H and O–H groups in total. The van der Waals surface area contributed by atoms with Crippen molar-refractivity contribution in [2.24, 2.45) is 5.50 Å². The average molecular weight is 285 g/mol. The lowest BCUT2D eigenvalue weighted by atomic mass is 9.93. The van der Waals surface area contributed by atoms with Crippen molar-refractivity contribution in [3.63, 3.8) is 0 Å². The Bertz CT molecular complexity index is 580. The second kappa shape index (κ2) is 7.13. The topological polar surface area (TPSA) is 66.5 Å². The summed E-state index contributed by atoms with van der Waals surface area (Å²) in [6.45, 7) is 0. The number of fused-ring (bicyclic) bond motifs is 3. The van der Waals surface area contributed by atoms with Gasteiger partial charge in [-0.15, -0.1) is 0 Å². The third-order valence-corrected chi connectivity index (χ3v) is 2.87. The maximum Gasteiger partial charge on any atom is 0.247 e. The lowest BCUT2D eigenvalue weighted by Crippen LogP contribution is -1.87. The van der Waals surface area contributed by atoms with Crippen molar-refractivity contribution in [2.45, 2.75) is 0 Å². The van der Waals surface area contributed by atoms with Gasteiger partial charge in [-0.05, 0) is 22.3 Å². The second-order valence-electron chi connectivity index (χ2n) is 4.21. The molecule has 0 radical (unpaired) electrons. The Morgan fingerprint density at radius 1 is 0.700 bits per heavy atom. The fraction of sp³-hybridized carbons (Fsp3) is 0. The van der Waals surface area contributed by atoms with E-state index in [0.29, 0.717) is 0 Å². The summed E-state index contributed by atoms with van der Waals surface area (Å²) >= 11 is 0. The van der Waals surface area contributed by atoms with Crippen molar-refractivity contribution in [1.29, 1.82) is 0 Å². The molecule has 0 heterocycles.